The van der Waals surface area contributed by atoms with Crippen LogP contribution in [0.4, 0.5) is 0 Å². The van der Waals surface area contributed by atoms with Gasteiger partial charge in [0.1, 0.15) is 5.52 Å². The van der Waals surface area contributed by atoms with Crippen molar-refractivity contribution >= 4 is 11.0 Å². The molecule has 0 atom stereocenters. The van der Waals surface area contributed by atoms with Crippen molar-refractivity contribution in [1.82, 2.24) is 15.0 Å². The molecule has 3 nitrogen and oxygen atoms in total. The Hall–Kier alpha value is -1.51. The molecule has 0 aliphatic rings. The maximum Gasteiger partial charge on any atom is 0.107 e. The van der Waals surface area contributed by atoms with Gasteiger partial charge in [-0.2, -0.15) is 0 Å². The maximum atomic E-state index is 4.60. The van der Waals surface area contributed by atoms with Crippen LogP contribution in [-0.2, 0) is 5.41 Å². The van der Waals surface area contributed by atoms with Gasteiger partial charge in [0.2, 0.25) is 0 Å². The zero-order valence-corrected chi connectivity index (χ0v) is 9.57. The fourth-order valence-electron chi connectivity index (χ4n) is 1.38. The summed E-state index contributed by atoms with van der Waals surface area (Å²) in [6.45, 7) is 8.37. The molecule has 2 rings (SSSR count). The molecule has 0 amide bonds. The Bertz CT molecular complexity index is 498. The van der Waals surface area contributed by atoms with E-state index < -0.39 is 0 Å². The van der Waals surface area contributed by atoms with Gasteiger partial charge < -0.3 is 0 Å². The largest absolute Gasteiger partial charge is 0.259 e. The summed E-state index contributed by atoms with van der Waals surface area (Å²) in [5.41, 5.74) is 3.81. The Balaban J connectivity index is 2.64. The van der Waals surface area contributed by atoms with Gasteiger partial charge in [-0.05, 0) is 13.0 Å². The Labute approximate surface area is 89.6 Å². The molecule has 0 saturated carbocycles. The standard InChI is InChI=1S/C12H15N3/c1-8-5-9-10(6-13-8)14-7-11(15-9)12(2,3)4/h5-7H,1-4H3. The molecular weight excluding hydrogens is 186 g/mol. The lowest BCUT2D eigenvalue weighted by Gasteiger charge is -2.17. The van der Waals surface area contributed by atoms with E-state index in [-0.39, 0.29) is 5.41 Å². The zero-order chi connectivity index (χ0) is 11.1. The Morgan fingerprint density at radius 3 is 2.40 bits per heavy atom. The number of nitrogens with zero attached hydrogens (tertiary/aromatic N) is 3. The van der Waals surface area contributed by atoms with Crippen LogP contribution in [0.2, 0.25) is 0 Å². The summed E-state index contributed by atoms with van der Waals surface area (Å²) in [7, 11) is 0. The Morgan fingerprint density at radius 1 is 1.00 bits per heavy atom. The van der Waals surface area contributed by atoms with Gasteiger partial charge in [0.05, 0.1) is 17.4 Å². The Morgan fingerprint density at radius 2 is 1.73 bits per heavy atom. The average molecular weight is 201 g/mol. The van der Waals surface area contributed by atoms with Crippen LogP contribution >= 0.6 is 0 Å². The summed E-state index contributed by atoms with van der Waals surface area (Å²) >= 11 is 0. The van der Waals surface area contributed by atoms with Gasteiger partial charge >= 0.3 is 0 Å². The maximum absolute atomic E-state index is 4.60. The van der Waals surface area contributed by atoms with Crippen LogP contribution < -0.4 is 0 Å². The van der Waals surface area contributed by atoms with Crippen molar-refractivity contribution in [2.75, 3.05) is 0 Å². The SMILES string of the molecule is Cc1cc2nc(C(C)(C)C)cnc2cn1. The monoisotopic (exact) mass is 201 g/mol. The molecule has 0 aliphatic carbocycles. The molecule has 0 fully saturated rings. The molecule has 0 spiro atoms. The van der Waals surface area contributed by atoms with Crippen LogP contribution in [-0.4, -0.2) is 15.0 Å². The summed E-state index contributed by atoms with van der Waals surface area (Å²) in [6, 6.07) is 1.97. The molecule has 0 aromatic carbocycles. The van der Waals surface area contributed by atoms with E-state index in [1.165, 1.54) is 0 Å². The third-order valence-corrected chi connectivity index (χ3v) is 2.33. The second-order valence-electron chi connectivity index (χ2n) is 4.82. The smallest absolute Gasteiger partial charge is 0.107 e. The van der Waals surface area contributed by atoms with Crippen LogP contribution in [0, 0.1) is 6.92 Å². The highest BCUT2D eigenvalue weighted by Crippen LogP contribution is 2.21. The van der Waals surface area contributed by atoms with Gasteiger partial charge in [0, 0.05) is 17.3 Å². The molecule has 0 N–H and O–H groups in total. The lowest BCUT2D eigenvalue weighted by molar-refractivity contribution is 0.568. The molecule has 0 aliphatic heterocycles. The molecule has 2 heterocycles. The summed E-state index contributed by atoms with van der Waals surface area (Å²) in [4.78, 5) is 13.2. The number of hydrogen-bond donors (Lipinski definition) is 0. The summed E-state index contributed by atoms with van der Waals surface area (Å²) < 4.78 is 0. The van der Waals surface area contributed by atoms with Crippen molar-refractivity contribution in [3.8, 4) is 0 Å². The quantitative estimate of drug-likeness (QED) is 0.657. The summed E-state index contributed by atoms with van der Waals surface area (Å²) in [6.07, 6.45) is 3.60. The number of fused-ring (bicyclic) bond motifs is 1. The van der Waals surface area contributed by atoms with Crippen molar-refractivity contribution in [3.05, 3.63) is 29.8 Å². The lowest BCUT2D eigenvalue weighted by atomic mass is 9.92. The van der Waals surface area contributed by atoms with Crippen LogP contribution in [0.5, 0.6) is 0 Å². The van der Waals surface area contributed by atoms with Crippen LogP contribution in [0.25, 0.3) is 11.0 Å². The fraction of sp³-hybridized carbons (Fsp3) is 0.417. The van der Waals surface area contributed by atoms with Crippen LogP contribution in [0.1, 0.15) is 32.2 Å². The number of aryl methyl sites for hydroxylation is 1. The van der Waals surface area contributed by atoms with Gasteiger partial charge in [0.15, 0.2) is 0 Å². The van der Waals surface area contributed by atoms with Crippen LogP contribution in [0.15, 0.2) is 18.5 Å². The lowest BCUT2D eigenvalue weighted by Crippen LogP contribution is -2.14. The minimum atomic E-state index is 0.0400. The van der Waals surface area contributed by atoms with Crippen molar-refractivity contribution in [1.29, 1.82) is 0 Å². The highest BCUT2D eigenvalue weighted by atomic mass is 14.8. The topological polar surface area (TPSA) is 38.7 Å². The first kappa shape index (κ1) is 10.0. The van der Waals surface area contributed by atoms with Gasteiger partial charge in [-0.25, -0.2) is 4.98 Å². The van der Waals surface area contributed by atoms with Crippen molar-refractivity contribution in [2.45, 2.75) is 33.1 Å². The molecule has 0 saturated heterocycles. The number of hydrogen-bond acceptors (Lipinski definition) is 3. The van der Waals surface area contributed by atoms with E-state index in [4.69, 9.17) is 0 Å². The predicted octanol–water partition coefficient (Wildman–Crippen LogP) is 2.63. The number of rotatable bonds is 0. The summed E-state index contributed by atoms with van der Waals surface area (Å²) in [5, 5.41) is 0. The predicted molar refractivity (Wildman–Crippen MR) is 60.8 cm³/mol. The van der Waals surface area contributed by atoms with E-state index in [1.54, 1.807) is 6.20 Å². The van der Waals surface area contributed by atoms with E-state index in [2.05, 4.69) is 35.7 Å². The first-order valence-corrected chi connectivity index (χ1v) is 5.07. The number of pyridine rings is 1. The normalized spacial score (nSPS) is 12.0. The highest BCUT2D eigenvalue weighted by Gasteiger charge is 2.16. The third kappa shape index (κ3) is 1.96. The highest BCUT2D eigenvalue weighted by molar-refractivity contribution is 5.73. The van der Waals surface area contributed by atoms with Gasteiger partial charge in [-0.3, -0.25) is 9.97 Å². The number of aromatic nitrogens is 3. The van der Waals surface area contributed by atoms with Crippen molar-refractivity contribution in [2.24, 2.45) is 0 Å². The molecule has 2 aromatic heterocycles. The minimum Gasteiger partial charge on any atom is -0.259 e. The van der Waals surface area contributed by atoms with Crippen molar-refractivity contribution in [3.63, 3.8) is 0 Å². The Kier molecular flexibility index (Phi) is 2.18. The second-order valence-corrected chi connectivity index (χ2v) is 4.82. The first-order chi connectivity index (χ1) is 6.97. The van der Waals surface area contributed by atoms with E-state index in [0.717, 1.165) is 22.4 Å². The average Bonchev–Trinajstić information content (AvgIpc) is 2.15. The molecule has 3 heteroatoms. The molecule has 78 valence electrons. The van der Waals surface area contributed by atoms with Crippen LogP contribution in [0.3, 0.4) is 0 Å². The molecule has 15 heavy (non-hydrogen) atoms. The van der Waals surface area contributed by atoms with E-state index in [0.29, 0.717) is 0 Å². The van der Waals surface area contributed by atoms with E-state index >= 15 is 0 Å². The molecular formula is C12H15N3. The molecule has 0 unspecified atom stereocenters. The molecule has 0 radical (unpaired) electrons. The van der Waals surface area contributed by atoms with Gasteiger partial charge in [-0.15, -0.1) is 0 Å². The fourth-order valence-corrected chi connectivity index (χ4v) is 1.38. The second kappa shape index (κ2) is 3.26. The van der Waals surface area contributed by atoms with E-state index in [9.17, 15) is 0 Å². The van der Waals surface area contributed by atoms with E-state index in [1.807, 2.05) is 19.2 Å². The zero-order valence-electron chi connectivity index (χ0n) is 9.57. The third-order valence-electron chi connectivity index (χ3n) is 2.33. The van der Waals surface area contributed by atoms with Crippen molar-refractivity contribution < 1.29 is 0 Å². The van der Waals surface area contributed by atoms with Gasteiger partial charge in [-0.1, -0.05) is 20.8 Å². The minimum absolute atomic E-state index is 0.0400. The summed E-state index contributed by atoms with van der Waals surface area (Å²) in [5.74, 6) is 0. The first-order valence-electron chi connectivity index (χ1n) is 5.07. The molecule has 0 bridgehead atoms. The van der Waals surface area contributed by atoms with Gasteiger partial charge in [0.25, 0.3) is 0 Å². The molecule has 2 aromatic rings.